The number of nitrogens with zero attached hydrogens (tertiary/aromatic N) is 2. The molecule has 11 heteroatoms. The standard InChI is InChI=1S/C23H25BrFN5O4/c1-13(27-19(31)20(32)28-15-3-4-15)11-22(12-26)6-8-23(9-7-22)18(29-30-21(33)34-23)16-10-14(25)2-5-17(16)24/h2,5,10,13,15H,3-4,6-9,11H2,1H3,(H,27,31)(H,28,32)(H,30,33)/t13-,22?,23?/m0/s1. The smallest absolute Gasteiger partial charge is 0.428 e. The zero-order valence-electron chi connectivity index (χ0n) is 18.6. The van der Waals surface area contributed by atoms with Crippen LogP contribution in [-0.4, -0.2) is 41.3 Å². The van der Waals surface area contributed by atoms with Gasteiger partial charge in [-0.3, -0.25) is 9.59 Å². The van der Waals surface area contributed by atoms with Gasteiger partial charge >= 0.3 is 17.9 Å². The van der Waals surface area contributed by atoms with Gasteiger partial charge in [-0.1, -0.05) is 15.9 Å². The van der Waals surface area contributed by atoms with Crippen molar-refractivity contribution in [2.24, 2.45) is 10.5 Å². The average molecular weight is 534 g/mol. The fraction of sp³-hybridized carbons (Fsp3) is 0.522. The number of nitrogens with one attached hydrogen (secondary N) is 3. The number of carbonyl (C=O) groups is 3. The molecule has 2 aliphatic carbocycles. The van der Waals surface area contributed by atoms with Crippen molar-refractivity contribution in [1.29, 1.82) is 5.26 Å². The summed E-state index contributed by atoms with van der Waals surface area (Å²) in [6, 6.07) is 6.24. The molecule has 34 heavy (non-hydrogen) atoms. The fourth-order valence-corrected chi connectivity index (χ4v) is 5.11. The number of halogens is 2. The number of ether oxygens (including phenoxy) is 1. The van der Waals surface area contributed by atoms with Crippen LogP contribution in [0.1, 0.15) is 57.4 Å². The highest BCUT2D eigenvalue weighted by atomic mass is 79.9. The van der Waals surface area contributed by atoms with Crippen molar-refractivity contribution in [2.45, 2.75) is 69.6 Å². The Morgan fingerprint density at radius 2 is 2.03 bits per heavy atom. The molecular formula is C23H25BrFN5O4. The second-order valence-electron chi connectivity index (χ2n) is 9.30. The molecular weight excluding hydrogens is 509 g/mol. The topological polar surface area (TPSA) is 133 Å². The first kappa shape index (κ1) is 24.1. The highest BCUT2D eigenvalue weighted by Crippen LogP contribution is 2.47. The van der Waals surface area contributed by atoms with Crippen LogP contribution in [0.4, 0.5) is 9.18 Å². The summed E-state index contributed by atoms with van der Waals surface area (Å²) in [6.45, 7) is 1.76. The Morgan fingerprint density at radius 1 is 1.32 bits per heavy atom. The largest absolute Gasteiger partial charge is 0.435 e. The van der Waals surface area contributed by atoms with E-state index in [0.29, 0.717) is 47.9 Å². The van der Waals surface area contributed by atoms with Gasteiger partial charge in [0.1, 0.15) is 11.5 Å². The van der Waals surface area contributed by atoms with E-state index in [1.165, 1.54) is 12.1 Å². The summed E-state index contributed by atoms with van der Waals surface area (Å²) in [5.41, 5.74) is 1.27. The van der Waals surface area contributed by atoms with E-state index in [2.05, 4.69) is 43.2 Å². The molecule has 2 saturated carbocycles. The minimum atomic E-state index is -1.10. The van der Waals surface area contributed by atoms with Gasteiger partial charge in [-0.05, 0) is 70.1 Å². The van der Waals surface area contributed by atoms with Crippen LogP contribution in [0, 0.1) is 22.6 Å². The normalized spacial score (nSPS) is 27.0. The quantitative estimate of drug-likeness (QED) is 0.500. The van der Waals surface area contributed by atoms with E-state index in [1.807, 2.05) is 0 Å². The van der Waals surface area contributed by atoms with Gasteiger partial charge < -0.3 is 15.4 Å². The number of hydrogen-bond acceptors (Lipinski definition) is 6. The van der Waals surface area contributed by atoms with Gasteiger partial charge in [-0.15, -0.1) is 0 Å². The van der Waals surface area contributed by atoms with Crippen molar-refractivity contribution >= 4 is 39.5 Å². The maximum Gasteiger partial charge on any atom is 0.428 e. The molecule has 1 aliphatic heterocycles. The predicted molar refractivity (Wildman–Crippen MR) is 123 cm³/mol. The number of nitriles is 1. The summed E-state index contributed by atoms with van der Waals surface area (Å²) >= 11 is 3.41. The first-order valence-corrected chi connectivity index (χ1v) is 12.0. The summed E-state index contributed by atoms with van der Waals surface area (Å²) < 4.78 is 20.3. The number of hydrazone groups is 1. The van der Waals surface area contributed by atoms with Crippen LogP contribution in [0.5, 0.6) is 0 Å². The lowest BCUT2D eigenvalue weighted by Gasteiger charge is -2.45. The summed E-state index contributed by atoms with van der Waals surface area (Å²) in [5.74, 6) is -1.83. The third kappa shape index (κ3) is 5.06. The van der Waals surface area contributed by atoms with E-state index in [4.69, 9.17) is 4.74 Å². The summed E-state index contributed by atoms with van der Waals surface area (Å²) in [6.07, 6.45) is 2.75. The van der Waals surface area contributed by atoms with Crippen molar-refractivity contribution in [3.8, 4) is 6.07 Å². The van der Waals surface area contributed by atoms with Crippen LogP contribution in [0.3, 0.4) is 0 Å². The molecule has 1 heterocycles. The van der Waals surface area contributed by atoms with Crippen molar-refractivity contribution in [1.82, 2.24) is 16.1 Å². The van der Waals surface area contributed by atoms with Crippen molar-refractivity contribution in [3.05, 3.63) is 34.1 Å². The zero-order chi connectivity index (χ0) is 24.5. The van der Waals surface area contributed by atoms with Crippen LogP contribution < -0.4 is 16.1 Å². The highest BCUT2D eigenvalue weighted by Gasteiger charge is 2.51. The minimum absolute atomic E-state index is 0.0789. The van der Waals surface area contributed by atoms with Crippen LogP contribution >= 0.6 is 15.9 Å². The van der Waals surface area contributed by atoms with Gasteiger partial charge in [0.25, 0.3) is 0 Å². The third-order valence-corrected chi connectivity index (χ3v) is 7.30. The third-order valence-electron chi connectivity index (χ3n) is 6.61. The molecule has 2 fully saturated rings. The van der Waals surface area contributed by atoms with Crippen LogP contribution in [0.2, 0.25) is 0 Å². The maximum absolute atomic E-state index is 14.0. The molecule has 0 unspecified atom stereocenters. The van der Waals surface area contributed by atoms with Crippen molar-refractivity contribution in [2.75, 3.05) is 0 Å². The van der Waals surface area contributed by atoms with E-state index in [9.17, 15) is 24.0 Å². The Morgan fingerprint density at radius 3 is 2.68 bits per heavy atom. The summed E-state index contributed by atoms with van der Waals surface area (Å²) in [7, 11) is 0. The lowest BCUT2D eigenvalue weighted by Crippen LogP contribution is -2.54. The molecule has 1 aromatic rings. The lowest BCUT2D eigenvalue weighted by atomic mass is 9.65. The summed E-state index contributed by atoms with van der Waals surface area (Å²) in [4.78, 5) is 36.2. The second-order valence-corrected chi connectivity index (χ2v) is 10.2. The molecule has 0 radical (unpaired) electrons. The van der Waals surface area contributed by atoms with Gasteiger partial charge in [-0.25, -0.2) is 14.6 Å². The maximum atomic E-state index is 14.0. The Labute approximate surface area is 204 Å². The molecule has 3 N–H and O–H groups in total. The fourth-order valence-electron chi connectivity index (χ4n) is 4.67. The Kier molecular flexibility index (Phi) is 6.62. The van der Waals surface area contributed by atoms with Crippen LogP contribution in [0.15, 0.2) is 27.8 Å². The van der Waals surface area contributed by atoms with E-state index >= 15 is 0 Å². The van der Waals surface area contributed by atoms with Crippen LogP contribution in [0.25, 0.3) is 0 Å². The molecule has 1 atom stereocenters. The highest BCUT2D eigenvalue weighted by molar-refractivity contribution is 9.10. The van der Waals surface area contributed by atoms with Crippen molar-refractivity contribution in [3.63, 3.8) is 0 Å². The molecule has 3 aliphatic rings. The van der Waals surface area contributed by atoms with Crippen LogP contribution in [-0.2, 0) is 14.3 Å². The molecule has 1 aromatic carbocycles. The SMILES string of the molecule is C[C@@H](CC1(C#N)CCC2(CC1)OC(=O)NN=C2c1cc(F)ccc1Br)NC(=O)C(=O)NC1CC1. The van der Waals surface area contributed by atoms with Crippen molar-refractivity contribution < 1.29 is 23.5 Å². The molecule has 3 amide bonds. The van der Waals surface area contributed by atoms with Gasteiger partial charge in [0.2, 0.25) is 0 Å². The van der Waals surface area contributed by atoms with E-state index < -0.39 is 40.8 Å². The first-order valence-electron chi connectivity index (χ1n) is 11.2. The first-order chi connectivity index (χ1) is 16.2. The molecule has 4 rings (SSSR count). The Bertz CT molecular complexity index is 1090. The number of hydrogen-bond donors (Lipinski definition) is 3. The molecule has 9 nitrogen and oxygen atoms in total. The number of rotatable bonds is 5. The number of carbonyl (C=O) groups excluding carboxylic acids is 3. The zero-order valence-corrected chi connectivity index (χ0v) is 20.2. The molecule has 0 saturated heterocycles. The number of benzene rings is 1. The van der Waals surface area contributed by atoms with E-state index in [1.54, 1.807) is 13.0 Å². The monoisotopic (exact) mass is 533 g/mol. The molecule has 180 valence electrons. The predicted octanol–water partition coefficient (Wildman–Crippen LogP) is 3.03. The lowest BCUT2D eigenvalue weighted by molar-refractivity contribution is -0.139. The molecule has 0 aromatic heterocycles. The number of amides is 3. The molecule has 0 bridgehead atoms. The minimum Gasteiger partial charge on any atom is -0.435 e. The van der Waals surface area contributed by atoms with Gasteiger partial charge in [0.05, 0.1) is 11.5 Å². The van der Waals surface area contributed by atoms with E-state index in [0.717, 1.165) is 12.8 Å². The average Bonchev–Trinajstić information content (AvgIpc) is 3.61. The van der Waals surface area contributed by atoms with E-state index in [-0.39, 0.29) is 6.04 Å². The Hall–Kier alpha value is -3.00. The van der Waals surface area contributed by atoms with Gasteiger partial charge in [-0.2, -0.15) is 10.4 Å². The Balaban J connectivity index is 1.47. The summed E-state index contributed by atoms with van der Waals surface area (Å²) in [5, 5.41) is 19.5. The second kappa shape index (κ2) is 9.33. The van der Waals surface area contributed by atoms with Gasteiger partial charge in [0, 0.05) is 22.1 Å². The van der Waals surface area contributed by atoms with Gasteiger partial charge in [0.15, 0.2) is 5.60 Å². The molecule has 1 spiro atoms.